The Morgan fingerprint density at radius 3 is 1.66 bits per heavy atom. The maximum atomic E-state index is 7.99. The van der Waals surface area contributed by atoms with Crippen molar-refractivity contribution in [3.8, 4) is 28.0 Å². The molecule has 1 saturated carbocycles. The average molecular weight is 1000 g/mol. The quantitative estimate of drug-likeness (QED) is 0.163. The van der Waals surface area contributed by atoms with Gasteiger partial charge in [0.05, 0.1) is 11.7 Å². The molecule has 3 aliphatic carbocycles. The number of fused-ring (bicyclic) bond motifs is 11. The lowest BCUT2D eigenvalue weighted by Crippen LogP contribution is -2.65. The van der Waals surface area contributed by atoms with Crippen LogP contribution >= 0.6 is 0 Å². The lowest BCUT2D eigenvalue weighted by atomic mass is 9.32. The van der Waals surface area contributed by atoms with E-state index in [1.165, 1.54) is 120 Å². The third kappa shape index (κ3) is 7.48. The molecule has 0 amide bonds. The summed E-state index contributed by atoms with van der Waals surface area (Å²) in [6.07, 6.45) is 6.14. The Bertz CT molecular complexity index is 3510. The summed E-state index contributed by atoms with van der Waals surface area (Å²) in [5.74, 6) is 2.32. The Kier molecular flexibility index (Phi) is 10.8. The molecule has 0 aromatic heterocycles. The van der Waals surface area contributed by atoms with Crippen LogP contribution in [0, 0.1) is 5.92 Å². The number of hydrogen-bond donors (Lipinski definition) is 0. The van der Waals surface area contributed by atoms with Crippen molar-refractivity contribution >= 4 is 46.1 Å². The van der Waals surface area contributed by atoms with E-state index < -0.39 is 0 Å². The Balaban J connectivity index is 1.18. The van der Waals surface area contributed by atoms with Gasteiger partial charge in [0.25, 0.3) is 6.71 Å². The zero-order valence-electron chi connectivity index (χ0n) is 48.4. The maximum Gasteiger partial charge on any atom is 0.267 e. The highest BCUT2D eigenvalue weighted by Gasteiger charge is 2.58. The van der Waals surface area contributed by atoms with E-state index in [0.29, 0.717) is 5.92 Å². The molecule has 388 valence electrons. The molecule has 3 aliphatic heterocycles. The summed E-state index contributed by atoms with van der Waals surface area (Å²) in [5.41, 5.74) is 25.4. The second kappa shape index (κ2) is 16.5. The molecule has 3 heterocycles. The van der Waals surface area contributed by atoms with Gasteiger partial charge in [-0.25, -0.2) is 0 Å². The highest BCUT2D eigenvalue weighted by Crippen LogP contribution is 2.61. The van der Waals surface area contributed by atoms with E-state index >= 15 is 0 Å². The first-order chi connectivity index (χ1) is 35.8. The van der Waals surface area contributed by atoms with Crippen molar-refractivity contribution in [3.63, 3.8) is 0 Å². The molecule has 13 rings (SSSR count). The lowest BCUT2D eigenvalue weighted by molar-refractivity contribution is 0.281. The predicted octanol–water partition coefficient (Wildman–Crippen LogP) is 18.0. The summed E-state index contributed by atoms with van der Waals surface area (Å²) >= 11 is 0. The summed E-state index contributed by atoms with van der Waals surface area (Å²) in [5, 5.41) is 0. The fourth-order valence-corrected chi connectivity index (χ4v) is 15.2. The van der Waals surface area contributed by atoms with Crippen LogP contribution in [0.3, 0.4) is 0 Å². The fourth-order valence-electron chi connectivity index (χ4n) is 15.2. The molecular formula is C72H81BN2O. The molecule has 1 fully saturated rings. The van der Waals surface area contributed by atoms with Gasteiger partial charge in [0.2, 0.25) is 0 Å². The van der Waals surface area contributed by atoms with E-state index in [2.05, 4.69) is 247 Å². The molecule has 7 aromatic rings. The van der Waals surface area contributed by atoms with E-state index in [9.17, 15) is 0 Å². The summed E-state index contributed by atoms with van der Waals surface area (Å²) in [6, 6.07) is 52.7. The van der Waals surface area contributed by atoms with Crippen LogP contribution in [0.1, 0.15) is 192 Å². The van der Waals surface area contributed by atoms with Crippen LogP contribution < -0.4 is 25.5 Å². The molecule has 0 spiro atoms. The standard InChI is InChI=1S/C72H81BN2O/c1-43-46-30-31-72(15,42-46)54-38-53-63(39-50(43)54)76-66-65(53)75(59-29-27-48(68(5,6)7)35-52(59)45-24-20-17-21-25-45)62-37-49(69(8,9)10)36-61-64(62)73(66)57-40-55-56(71(13,14)33-32-70(55,11)12)41-60(57)74(61)58-28-26-47(67(2,3)4)34-51(58)44-22-18-16-19-23-44/h16-29,34-41,43,46,65-66H,30-33,42H2,1-15H3. The third-order valence-electron chi connectivity index (χ3n) is 20.1. The smallest absolute Gasteiger partial charge is 0.267 e. The topological polar surface area (TPSA) is 15.7 Å². The molecule has 3 nitrogen and oxygen atoms in total. The minimum Gasteiger partial charge on any atom is -0.495 e. The first kappa shape index (κ1) is 49.6. The van der Waals surface area contributed by atoms with Crippen LogP contribution in [0.15, 0.2) is 133 Å². The van der Waals surface area contributed by atoms with Gasteiger partial charge < -0.3 is 14.5 Å². The maximum absolute atomic E-state index is 7.99. The lowest BCUT2D eigenvalue weighted by Gasteiger charge is -2.50. The summed E-state index contributed by atoms with van der Waals surface area (Å²) in [7, 11) is 0. The molecule has 0 saturated heterocycles. The summed E-state index contributed by atoms with van der Waals surface area (Å²) < 4.78 is 7.99. The predicted molar refractivity (Wildman–Crippen MR) is 324 cm³/mol. The molecule has 4 heteroatoms. The van der Waals surface area contributed by atoms with Crippen molar-refractivity contribution in [2.45, 2.75) is 186 Å². The second-order valence-electron chi connectivity index (χ2n) is 29.1. The molecule has 7 aromatic carbocycles. The van der Waals surface area contributed by atoms with Crippen molar-refractivity contribution in [2.75, 3.05) is 9.80 Å². The molecule has 6 aliphatic rings. The van der Waals surface area contributed by atoms with Gasteiger partial charge in [-0.3, -0.25) is 0 Å². The summed E-state index contributed by atoms with van der Waals surface area (Å²) in [6.45, 7) is 36.4. The zero-order valence-corrected chi connectivity index (χ0v) is 48.4. The Labute approximate surface area is 456 Å². The minimum atomic E-state index is -0.202. The van der Waals surface area contributed by atoms with Crippen LogP contribution in [0.25, 0.3) is 22.3 Å². The van der Waals surface area contributed by atoms with E-state index in [4.69, 9.17) is 4.74 Å². The highest BCUT2D eigenvalue weighted by atomic mass is 16.5. The third-order valence-corrected chi connectivity index (χ3v) is 20.1. The normalized spacial score (nSPS) is 23.5. The first-order valence-corrected chi connectivity index (χ1v) is 29.0. The van der Waals surface area contributed by atoms with E-state index in [0.717, 1.165) is 24.5 Å². The van der Waals surface area contributed by atoms with Gasteiger partial charge in [-0.2, -0.15) is 0 Å². The molecular weight excluding hydrogens is 920 g/mol. The Morgan fingerprint density at radius 2 is 1.07 bits per heavy atom. The first-order valence-electron chi connectivity index (χ1n) is 29.0. The van der Waals surface area contributed by atoms with Crippen LogP contribution in [0.5, 0.6) is 5.75 Å². The van der Waals surface area contributed by atoms with Gasteiger partial charge in [0, 0.05) is 39.4 Å². The van der Waals surface area contributed by atoms with Gasteiger partial charge in [0.1, 0.15) is 11.8 Å². The number of nitrogens with zero attached hydrogens (tertiary/aromatic N) is 2. The second-order valence-corrected chi connectivity index (χ2v) is 29.1. The highest BCUT2D eigenvalue weighted by molar-refractivity contribution is 6.91. The molecule has 5 atom stereocenters. The van der Waals surface area contributed by atoms with Crippen LogP contribution in [-0.4, -0.2) is 12.7 Å². The van der Waals surface area contributed by atoms with Crippen molar-refractivity contribution < 1.29 is 4.74 Å². The van der Waals surface area contributed by atoms with Crippen LogP contribution in [-0.2, 0) is 32.5 Å². The summed E-state index contributed by atoms with van der Waals surface area (Å²) in [4.78, 5) is 5.54. The number of hydrogen-bond acceptors (Lipinski definition) is 3. The molecule has 0 radical (unpaired) electrons. The number of ether oxygens (including phenoxy) is 1. The van der Waals surface area contributed by atoms with Crippen LogP contribution in [0.4, 0.5) is 28.4 Å². The van der Waals surface area contributed by atoms with Gasteiger partial charge in [-0.15, -0.1) is 0 Å². The number of benzene rings is 7. The molecule has 0 N–H and O–H groups in total. The Morgan fingerprint density at radius 1 is 0.513 bits per heavy atom. The minimum absolute atomic E-state index is 0.00686. The van der Waals surface area contributed by atoms with E-state index in [1.54, 1.807) is 5.56 Å². The van der Waals surface area contributed by atoms with E-state index in [-0.39, 0.29) is 51.2 Å². The van der Waals surface area contributed by atoms with Crippen molar-refractivity contribution in [1.82, 2.24) is 0 Å². The fraction of sp³-hybridized carbons (Fsp3) is 0.417. The van der Waals surface area contributed by atoms with Crippen molar-refractivity contribution in [2.24, 2.45) is 5.92 Å². The molecule has 76 heavy (non-hydrogen) atoms. The van der Waals surface area contributed by atoms with Gasteiger partial charge in [-0.05, 0) is 192 Å². The molecule has 2 bridgehead atoms. The molecule has 5 unspecified atom stereocenters. The van der Waals surface area contributed by atoms with Crippen molar-refractivity contribution in [3.05, 3.63) is 178 Å². The monoisotopic (exact) mass is 1000 g/mol. The Hall–Kier alpha value is -6.00. The van der Waals surface area contributed by atoms with E-state index in [1.807, 2.05) is 0 Å². The van der Waals surface area contributed by atoms with Crippen molar-refractivity contribution in [1.29, 1.82) is 0 Å². The van der Waals surface area contributed by atoms with Gasteiger partial charge >= 0.3 is 0 Å². The average Bonchev–Trinajstić information content (AvgIpc) is 4.04. The number of rotatable bonds is 4. The largest absolute Gasteiger partial charge is 0.495 e. The number of anilines is 5. The SMILES string of the molecule is CC1c2cc3c(cc2C2(C)CCC1C2)C1C(O3)B2c3cc4c(cc3N(c3ccc(C(C)(C)C)cc3-c3ccccc3)c3cc(C(C)(C)C)cc(c32)N1c1ccc(C(C)(C)C)cc1-c1ccccc1)C(C)(C)CCC4(C)C. The zero-order chi connectivity index (χ0) is 53.4. The van der Waals surface area contributed by atoms with Gasteiger partial charge in [0.15, 0.2) is 0 Å². The van der Waals surface area contributed by atoms with Crippen LogP contribution in [0.2, 0.25) is 0 Å². The van der Waals surface area contributed by atoms with Gasteiger partial charge in [-0.1, -0.05) is 183 Å².